The van der Waals surface area contributed by atoms with E-state index in [1.54, 1.807) is 0 Å². The number of Topliss-reactive ketones (excluding diaryl/α,β-unsaturated/α-hetero) is 1. The van der Waals surface area contributed by atoms with Crippen LogP contribution in [-0.2, 0) is 4.79 Å². The van der Waals surface area contributed by atoms with Crippen LogP contribution in [0.2, 0.25) is 0 Å². The molecule has 0 unspecified atom stereocenters. The first-order valence-electron chi connectivity index (χ1n) is 9.57. The predicted octanol–water partition coefficient (Wildman–Crippen LogP) is 4.21. The highest BCUT2D eigenvalue weighted by Crippen LogP contribution is 2.65. The van der Waals surface area contributed by atoms with E-state index in [1.807, 2.05) is 0 Å². The van der Waals surface area contributed by atoms with Gasteiger partial charge in [0.25, 0.3) is 0 Å². The Hall–Kier alpha value is -0.370. The highest BCUT2D eigenvalue weighted by atomic mass is 16.3. The summed E-state index contributed by atoms with van der Waals surface area (Å²) in [5.41, 5.74) is 0.415. The van der Waals surface area contributed by atoms with E-state index in [4.69, 9.17) is 0 Å². The Morgan fingerprint density at radius 3 is 2.64 bits per heavy atom. The van der Waals surface area contributed by atoms with Crippen molar-refractivity contribution in [2.75, 3.05) is 0 Å². The molecule has 0 bridgehead atoms. The minimum atomic E-state index is -0.0865. The van der Waals surface area contributed by atoms with Gasteiger partial charge in [0.05, 0.1) is 6.10 Å². The minimum Gasteiger partial charge on any atom is -0.393 e. The zero-order valence-electron chi connectivity index (χ0n) is 14.5. The Morgan fingerprint density at radius 2 is 1.86 bits per heavy atom. The molecular weight excluding hydrogens is 272 g/mol. The van der Waals surface area contributed by atoms with Gasteiger partial charge in [-0.1, -0.05) is 20.8 Å². The zero-order chi connectivity index (χ0) is 15.7. The topological polar surface area (TPSA) is 37.3 Å². The Kier molecular flexibility index (Phi) is 3.32. The van der Waals surface area contributed by atoms with Crippen molar-refractivity contribution in [3.63, 3.8) is 0 Å². The quantitative estimate of drug-likeness (QED) is 0.728. The summed E-state index contributed by atoms with van der Waals surface area (Å²) in [6, 6.07) is 0. The molecule has 124 valence electrons. The summed E-state index contributed by atoms with van der Waals surface area (Å²) >= 11 is 0. The lowest BCUT2D eigenvalue weighted by atomic mass is 9.44. The van der Waals surface area contributed by atoms with Crippen molar-refractivity contribution in [2.24, 2.45) is 40.4 Å². The first-order chi connectivity index (χ1) is 10.4. The molecule has 0 aromatic carbocycles. The zero-order valence-corrected chi connectivity index (χ0v) is 14.5. The van der Waals surface area contributed by atoms with Gasteiger partial charge in [0, 0.05) is 11.8 Å². The van der Waals surface area contributed by atoms with Gasteiger partial charge < -0.3 is 5.11 Å². The Balaban J connectivity index is 1.65. The van der Waals surface area contributed by atoms with Crippen LogP contribution in [0, 0.1) is 40.4 Å². The number of hydrogen-bond donors (Lipinski definition) is 1. The SMILES string of the molecule is C[C@@H]1C[C@@]2(C)[C@@H](CC[C@@H]3[C@@H]2CC[C@]2(C)C(=O)CC[C@@H]32)C[C@H]1O. The number of carbonyl (C=O) groups is 1. The van der Waals surface area contributed by atoms with E-state index in [1.165, 1.54) is 25.7 Å². The number of aliphatic hydroxyl groups excluding tert-OH is 1. The van der Waals surface area contributed by atoms with Gasteiger partial charge in [0.15, 0.2) is 0 Å². The fourth-order valence-corrected chi connectivity index (χ4v) is 7.36. The van der Waals surface area contributed by atoms with Gasteiger partial charge in [-0.3, -0.25) is 4.79 Å². The second-order valence-electron chi connectivity index (χ2n) is 9.56. The number of ketones is 1. The van der Waals surface area contributed by atoms with Crippen LogP contribution in [0.25, 0.3) is 0 Å². The summed E-state index contributed by atoms with van der Waals surface area (Å²) in [5, 5.41) is 10.3. The van der Waals surface area contributed by atoms with Gasteiger partial charge in [-0.25, -0.2) is 0 Å². The maximum atomic E-state index is 12.4. The van der Waals surface area contributed by atoms with E-state index in [0.717, 1.165) is 37.5 Å². The molecular formula is C20H32O2. The number of carbonyl (C=O) groups excluding carboxylic acids is 1. The Bertz CT molecular complexity index is 486. The van der Waals surface area contributed by atoms with Gasteiger partial charge >= 0.3 is 0 Å². The Labute approximate surface area is 135 Å². The van der Waals surface area contributed by atoms with Crippen LogP contribution in [0.3, 0.4) is 0 Å². The molecule has 0 amide bonds. The molecule has 4 saturated carbocycles. The van der Waals surface area contributed by atoms with E-state index in [0.29, 0.717) is 29.0 Å². The van der Waals surface area contributed by atoms with Crippen LogP contribution in [0.4, 0.5) is 0 Å². The lowest BCUT2D eigenvalue weighted by Gasteiger charge is -2.61. The fraction of sp³-hybridized carbons (Fsp3) is 0.950. The van der Waals surface area contributed by atoms with E-state index in [-0.39, 0.29) is 11.5 Å². The lowest BCUT2D eigenvalue weighted by molar-refractivity contribution is -0.148. The molecule has 0 saturated heterocycles. The molecule has 8 atom stereocenters. The molecule has 4 aliphatic carbocycles. The van der Waals surface area contributed by atoms with Crippen molar-refractivity contribution in [1.82, 2.24) is 0 Å². The molecule has 2 heteroatoms. The average Bonchev–Trinajstić information content (AvgIpc) is 2.77. The number of fused-ring (bicyclic) bond motifs is 5. The number of hydrogen-bond acceptors (Lipinski definition) is 2. The largest absolute Gasteiger partial charge is 0.393 e. The lowest BCUT2D eigenvalue weighted by Crippen LogP contribution is -2.55. The molecule has 0 aromatic heterocycles. The molecule has 0 spiro atoms. The maximum absolute atomic E-state index is 12.4. The molecule has 2 nitrogen and oxygen atoms in total. The second kappa shape index (κ2) is 4.82. The van der Waals surface area contributed by atoms with Gasteiger partial charge in [0.1, 0.15) is 5.78 Å². The van der Waals surface area contributed by atoms with Crippen molar-refractivity contribution in [3.05, 3.63) is 0 Å². The van der Waals surface area contributed by atoms with E-state index < -0.39 is 0 Å². The molecule has 4 fully saturated rings. The summed E-state index contributed by atoms with van der Waals surface area (Å²) in [4.78, 5) is 12.4. The highest BCUT2D eigenvalue weighted by Gasteiger charge is 2.60. The van der Waals surface area contributed by atoms with Crippen LogP contribution < -0.4 is 0 Å². The molecule has 4 aliphatic rings. The molecule has 4 rings (SSSR count). The summed E-state index contributed by atoms with van der Waals surface area (Å²) < 4.78 is 0. The van der Waals surface area contributed by atoms with Crippen molar-refractivity contribution in [1.29, 1.82) is 0 Å². The monoisotopic (exact) mass is 304 g/mol. The minimum absolute atomic E-state index is 0.00413. The molecule has 0 aromatic rings. The van der Waals surface area contributed by atoms with E-state index in [9.17, 15) is 9.90 Å². The van der Waals surface area contributed by atoms with Gasteiger partial charge in [0.2, 0.25) is 0 Å². The normalized spacial score (nSPS) is 57.9. The molecule has 22 heavy (non-hydrogen) atoms. The number of aliphatic hydroxyl groups is 1. The van der Waals surface area contributed by atoms with Crippen molar-refractivity contribution in [3.8, 4) is 0 Å². The first-order valence-corrected chi connectivity index (χ1v) is 9.57. The second-order valence-corrected chi connectivity index (χ2v) is 9.56. The van der Waals surface area contributed by atoms with Crippen molar-refractivity contribution in [2.45, 2.75) is 78.2 Å². The third kappa shape index (κ3) is 1.85. The van der Waals surface area contributed by atoms with Crippen LogP contribution in [0.1, 0.15) is 72.1 Å². The van der Waals surface area contributed by atoms with Crippen LogP contribution in [0.5, 0.6) is 0 Å². The molecule has 0 aliphatic heterocycles. The third-order valence-electron chi connectivity index (χ3n) is 8.72. The third-order valence-corrected chi connectivity index (χ3v) is 8.72. The van der Waals surface area contributed by atoms with Crippen LogP contribution in [0.15, 0.2) is 0 Å². The van der Waals surface area contributed by atoms with Crippen molar-refractivity contribution >= 4 is 5.78 Å². The van der Waals surface area contributed by atoms with E-state index in [2.05, 4.69) is 20.8 Å². The molecule has 0 heterocycles. The smallest absolute Gasteiger partial charge is 0.139 e. The Morgan fingerprint density at radius 1 is 1.09 bits per heavy atom. The van der Waals surface area contributed by atoms with Crippen LogP contribution in [-0.4, -0.2) is 17.0 Å². The average molecular weight is 304 g/mol. The maximum Gasteiger partial charge on any atom is 0.139 e. The summed E-state index contributed by atoms with van der Waals surface area (Å²) in [7, 11) is 0. The fourth-order valence-electron chi connectivity index (χ4n) is 7.36. The summed E-state index contributed by atoms with van der Waals surface area (Å²) in [6.45, 7) is 7.03. The predicted molar refractivity (Wildman–Crippen MR) is 87.3 cm³/mol. The van der Waals surface area contributed by atoms with E-state index >= 15 is 0 Å². The van der Waals surface area contributed by atoms with Gasteiger partial charge in [-0.05, 0) is 80.0 Å². The van der Waals surface area contributed by atoms with Gasteiger partial charge in [-0.2, -0.15) is 0 Å². The molecule has 0 radical (unpaired) electrons. The number of rotatable bonds is 0. The molecule has 1 N–H and O–H groups in total. The standard InChI is InChI=1S/C20H32O2/c1-12-11-20(3)13(10-17(12)21)4-5-14-15-6-7-18(22)19(15,2)9-8-16(14)20/h12-17,21H,4-11H2,1-3H3/t12-,13+,14+,15+,16+,17-,19+,20+/m1/s1. The first kappa shape index (κ1) is 15.2. The van der Waals surface area contributed by atoms with Gasteiger partial charge in [-0.15, -0.1) is 0 Å². The van der Waals surface area contributed by atoms with Crippen molar-refractivity contribution < 1.29 is 9.90 Å². The summed E-state index contributed by atoms with van der Waals surface area (Å²) in [6.07, 6.45) is 9.06. The highest BCUT2D eigenvalue weighted by molar-refractivity contribution is 5.87. The summed E-state index contributed by atoms with van der Waals surface area (Å²) in [5.74, 6) is 3.92. The van der Waals surface area contributed by atoms with Crippen LogP contribution >= 0.6 is 0 Å².